The Kier molecular flexibility index (Phi) is 4.89. The molecule has 0 saturated carbocycles. The Morgan fingerprint density at radius 3 is 2.70 bits per heavy atom. The summed E-state index contributed by atoms with van der Waals surface area (Å²) in [6, 6.07) is 5.24. The van der Waals surface area contributed by atoms with E-state index in [1.165, 1.54) is 0 Å². The fraction of sp³-hybridized carbons (Fsp3) is 0.286. The predicted molar refractivity (Wildman–Crippen MR) is 86.6 cm³/mol. The summed E-state index contributed by atoms with van der Waals surface area (Å²) in [5.41, 5.74) is 1.12. The van der Waals surface area contributed by atoms with E-state index in [0.717, 1.165) is 5.69 Å². The van der Waals surface area contributed by atoms with Crippen LogP contribution in [0.15, 0.2) is 27.5 Å². The van der Waals surface area contributed by atoms with E-state index in [9.17, 15) is 4.79 Å². The molecule has 6 heteroatoms. The van der Waals surface area contributed by atoms with Crippen LogP contribution in [0.3, 0.4) is 0 Å². The average molecular weight is 376 g/mol. The van der Waals surface area contributed by atoms with Crippen molar-refractivity contribution in [1.82, 2.24) is 9.97 Å². The first kappa shape index (κ1) is 15.5. The largest absolute Gasteiger partial charge is 0.305 e. The van der Waals surface area contributed by atoms with Crippen molar-refractivity contribution in [2.24, 2.45) is 5.92 Å². The van der Waals surface area contributed by atoms with Crippen LogP contribution in [0.2, 0.25) is 10.0 Å². The van der Waals surface area contributed by atoms with Gasteiger partial charge in [-0.2, -0.15) is 0 Å². The molecule has 0 unspecified atom stereocenters. The van der Waals surface area contributed by atoms with Crippen molar-refractivity contribution >= 4 is 39.1 Å². The molecule has 0 amide bonds. The molecule has 20 heavy (non-hydrogen) atoms. The lowest BCUT2D eigenvalue weighted by molar-refractivity contribution is 0.631. The molecular formula is C14H13BrCl2N2O. The quantitative estimate of drug-likeness (QED) is 0.844. The maximum atomic E-state index is 12.0. The number of nitrogens with one attached hydrogen (secondary N) is 1. The van der Waals surface area contributed by atoms with E-state index in [0.29, 0.717) is 38.2 Å². The lowest BCUT2D eigenvalue weighted by Crippen LogP contribution is -2.15. The summed E-state index contributed by atoms with van der Waals surface area (Å²) in [6.45, 7) is 4.14. The Bertz CT molecular complexity index is 698. The third-order valence-corrected chi connectivity index (χ3v) is 4.38. The summed E-state index contributed by atoms with van der Waals surface area (Å²) in [5.74, 6) is 0.824. The number of aromatic amines is 1. The molecular weight excluding hydrogens is 363 g/mol. The van der Waals surface area contributed by atoms with Gasteiger partial charge in [0.2, 0.25) is 0 Å². The zero-order valence-corrected chi connectivity index (χ0v) is 14.1. The van der Waals surface area contributed by atoms with Crippen molar-refractivity contribution in [3.63, 3.8) is 0 Å². The van der Waals surface area contributed by atoms with Crippen LogP contribution in [0.5, 0.6) is 0 Å². The Balaban J connectivity index is 2.61. The molecule has 0 bridgehead atoms. The molecule has 1 N–H and O–H groups in total. The summed E-state index contributed by atoms with van der Waals surface area (Å²) in [7, 11) is 0. The van der Waals surface area contributed by atoms with Crippen LogP contribution in [-0.4, -0.2) is 9.97 Å². The molecule has 0 aliphatic rings. The monoisotopic (exact) mass is 374 g/mol. The van der Waals surface area contributed by atoms with Gasteiger partial charge in [-0.25, -0.2) is 4.98 Å². The molecule has 1 aromatic heterocycles. The third kappa shape index (κ3) is 3.25. The van der Waals surface area contributed by atoms with Gasteiger partial charge in [0.25, 0.3) is 5.56 Å². The topological polar surface area (TPSA) is 45.8 Å². The number of rotatable bonds is 3. The number of hydrogen-bond donors (Lipinski definition) is 1. The fourth-order valence-corrected chi connectivity index (χ4v) is 2.58. The van der Waals surface area contributed by atoms with Crippen LogP contribution in [0.25, 0.3) is 11.4 Å². The van der Waals surface area contributed by atoms with Gasteiger partial charge in [-0.15, -0.1) is 0 Å². The van der Waals surface area contributed by atoms with E-state index >= 15 is 0 Å². The van der Waals surface area contributed by atoms with E-state index < -0.39 is 0 Å². The molecule has 0 spiro atoms. The standard InChI is InChI=1S/C14H13BrCl2N2O/c1-7(2)6-10-11(15)14(20)19-13(18-10)8-4-3-5-9(16)12(8)17/h3-5,7H,6H2,1-2H3,(H,18,19,20). The second kappa shape index (κ2) is 6.29. The smallest absolute Gasteiger partial charge is 0.265 e. The first-order valence-electron chi connectivity index (χ1n) is 6.13. The minimum atomic E-state index is -0.221. The maximum absolute atomic E-state index is 12.0. The first-order valence-corrected chi connectivity index (χ1v) is 7.68. The van der Waals surface area contributed by atoms with Crippen LogP contribution in [-0.2, 0) is 6.42 Å². The van der Waals surface area contributed by atoms with E-state index in [4.69, 9.17) is 23.2 Å². The van der Waals surface area contributed by atoms with Crippen molar-refractivity contribution in [2.45, 2.75) is 20.3 Å². The van der Waals surface area contributed by atoms with Gasteiger partial charge >= 0.3 is 0 Å². The molecule has 2 rings (SSSR count). The summed E-state index contributed by atoms with van der Waals surface area (Å²) in [6.07, 6.45) is 0.704. The number of H-pyrrole nitrogens is 1. The van der Waals surface area contributed by atoms with Crippen LogP contribution in [0, 0.1) is 5.92 Å². The van der Waals surface area contributed by atoms with Gasteiger partial charge in [0, 0.05) is 5.56 Å². The van der Waals surface area contributed by atoms with Gasteiger partial charge in [0.1, 0.15) is 10.3 Å². The van der Waals surface area contributed by atoms with E-state index in [2.05, 4.69) is 39.7 Å². The van der Waals surface area contributed by atoms with Crippen molar-refractivity contribution in [1.29, 1.82) is 0 Å². The third-order valence-electron chi connectivity index (χ3n) is 2.74. The van der Waals surface area contributed by atoms with Gasteiger partial charge in [-0.05, 0) is 40.4 Å². The first-order chi connectivity index (χ1) is 9.40. The van der Waals surface area contributed by atoms with Crippen LogP contribution in [0.4, 0.5) is 0 Å². The normalized spacial score (nSPS) is 11.1. The lowest BCUT2D eigenvalue weighted by atomic mass is 10.1. The Hall–Kier alpha value is -0.840. The minimum absolute atomic E-state index is 0.221. The molecule has 0 saturated heterocycles. The number of nitrogens with zero attached hydrogens (tertiary/aromatic N) is 1. The molecule has 2 aromatic rings. The van der Waals surface area contributed by atoms with Gasteiger partial charge in [0.15, 0.2) is 0 Å². The van der Waals surface area contributed by atoms with Crippen LogP contribution in [0.1, 0.15) is 19.5 Å². The second-order valence-electron chi connectivity index (χ2n) is 4.87. The summed E-state index contributed by atoms with van der Waals surface area (Å²) >= 11 is 15.5. The van der Waals surface area contributed by atoms with Gasteiger partial charge < -0.3 is 4.98 Å². The van der Waals surface area contributed by atoms with Crippen LogP contribution >= 0.6 is 39.1 Å². The van der Waals surface area contributed by atoms with Crippen molar-refractivity contribution in [3.8, 4) is 11.4 Å². The highest BCUT2D eigenvalue weighted by Gasteiger charge is 2.14. The highest BCUT2D eigenvalue weighted by atomic mass is 79.9. The molecule has 0 fully saturated rings. The van der Waals surface area contributed by atoms with E-state index in [-0.39, 0.29) is 5.56 Å². The lowest BCUT2D eigenvalue weighted by Gasteiger charge is -2.10. The molecule has 1 heterocycles. The highest BCUT2D eigenvalue weighted by molar-refractivity contribution is 9.10. The number of hydrogen-bond acceptors (Lipinski definition) is 2. The minimum Gasteiger partial charge on any atom is -0.305 e. The van der Waals surface area contributed by atoms with Gasteiger partial charge in [-0.3, -0.25) is 4.79 Å². The zero-order chi connectivity index (χ0) is 14.9. The SMILES string of the molecule is CC(C)Cc1nc(-c2cccc(Cl)c2Cl)[nH]c(=O)c1Br. The van der Waals surface area contributed by atoms with Gasteiger partial charge in [-0.1, -0.05) is 43.1 Å². The van der Waals surface area contributed by atoms with Crippen LogP contribution < -0.4 is 5.56 Å². The van der Waals surface area contributed by atoms with E-state index in [1.807, 2.05) is 0 Å². The van der Waals surface area contributed by atoms with Crippen molar-refractivity contribution in [2.75, 3.05) is 0 Å². The highest BCUT2D eigenvalue weighted by Crippen LogP contribution is 2.31. The Morgan fingerprint density at radius 2 is 2.05 bits per heavy atom. The molecule has 0 aliphatic heterocycles. The number of benzene rings is 1. The molecule has 3 nitrogen and oxygen atoms in total. The van der Waals surface area contributed by atoms with E-state index in [1.54, 1.807) is 18.2 Å². The average Bonchev–Trinajstić information content (AvgIpc) is 2.37. The molecule has 1 aromatic carbocycles. The zero-order valence-electron chi connectivity index (χ0n) is 11.0. The summed E-state index contributed by atoms with van der Waals surface area (Å²) in [4.78, 5) is 19.2. The fourth-order valence-electron chi connectivity index (χ4n) is 1.84. The summed E-state index contributed by atoms with van der Waals surface area (Å²) in [5, 5.41) is 0.815. The number of halogens is 3. The molecule has 0 atom stereocenters. The molecule has 0 radical (unpaired) electrons. The number of aromatic nitrogens is 2. The maximum Gasteiger partial charge on any atom is 0.265 e. The molecule has 106 valence electrons. The predicted octanol–water partition coefficient (Wildman–Crippen LogP) is 4.70. The molecule has 0 aliphatic carbocycles. The van der Waals surface area contributed by atoms with Crippen molar-refractivity contribution in [3.05, 3.63) is 48.8 Å². The second-order valence-corrected chi connectivity index (χ2v) is 6.45. The Labute approximate surface area is 135 Å². The van der Waals surface area contributed by atoms with Gasteiger partial charge in [0.05, 0.1) is 15.7 Å². The Morgan fingerprint density at radius 1 is 1.35 bits per heavy atom. The summed E-state index contributed by atoms with van der Waals surface area (Å²) < 4.78 is 0.466. The van der Waals surface area contributed by atoms with Crippen molar-refractivity contribution < 1.29 is 0 Å².